The number of carbonyl (C=O) groups excluding carboxylic acids is 1. The van der Waals surface area contributed by atoms with Crippen molar-refractivity contribution in [2.75, 3.05) is 5.33 Å². The van der Waals surface area contributed by atoms with Crippen molar-refractivity contribution in [3.8, 4) is 0 Å². The molecule has 0 aromatic heterocycles. The number of cyclic esters (lactones) is 1. The van der Waals surface area contributed by atoms with Crippen LogP contribution in [0.3, 0.4) is 0 Å². The quantitative estimate of drug-likeness (QED) is 0.618. The number of hydrogen-bond donors (Lipinski definition) is 0. The molecule has 1 aliphatic rings. The Kier molecular flexibility index (Phi) is 3.01. The van der Waals surface area contributed by atoms with Crippen LogP contribution < -0.4 is 0 Å². The lowest BCUT2D eigenvalue weighted by molar-refractivity contribution is -0.218. The molecule has 16 heavy (non-hydrogen) atoms. The van der Waals surface area contributed by atoms with Crippen molar-refractivity contribution >= 4 is 21.9 Å². The number of ether oxygens (including phenoxy) is 2. The van der Waals surface area contributed by atoms with Crippen LogP contribution in [0, 0.1) is 0 Å². The van der Waals surface area contributed by atoms with Gasteiger partial charge in [0.05, 0.1) is 11.4 Å². The van der Waals surface area contributed by atoms with Crippen molar-refractivity contribution in [2.45, 2.75) is 12.7 Å². The highest BCUT2D eigenvalue weighted by Gasteiger charge is 2.36. The molecule has 3 nitrogen and oxygen atoms in total. The summed E-state index contributed by atoms with van der Waals surface area (Å²) in [7, 11) is 0. The van der Waals surface area contributed by atoms with Crippen LogP contribution in [0.5, 0.6) is 0 Å². The Bertz CT molecular complexity index is 427. The molecule has 1 heterocycles. The van der Waals surface area contributed by atoms with Crippen molar-refractivity contribution < 1.29 is 14.3 Å². The van der Waals surface area contributed by atoms with E-state index in [0.29, 0.717) is 11.1 Å². The van der Waals surface area contributed by atoms with E-state index in [1.807, 2.05) is 30.3 Å². The Morgan fingerprint density at radius 2 is 1.94 bits per heavy atom. The van der Waals surface area contributed by atoms with Gasteiger partial charge in [-0.05, 0) is 0 Å². The number of halogens is 1. The lowest BCUT2D eigenvalue weighted by Gasteiger charge is -2.33. The average molecular weight is 283 g/mol. The fourth-order valence-electron chi connectivity index (χ4n) is 1.58. The highest BCUT2D eigenvalue weighted by Crippen LogP contribution is 2.33. The van der Waals surface area contributed by atoms with Crippen LogP contribution >= 0.6 is 15.9 Å². The first kappa shape index (κ1) is 11.2. The van der Waals surface area contributed by atoms with E-state index < -0.39 is 5.79 Å². The van der Waals surface area contributed by atoms with Gasteiger partial charge in [0.1, 0.15) is 5.76 Å². The van der Waals surface area contributed by atoms with Gasteiger partial charge < -0.3 is 9.47 Å². The average Bonchev–Trinajstić information content (AvgIpc) is 2.29. The summed E-state index contributed by atoms with van der Waals surface area (Å²) in [6, 6.07) is 9.39. The molecule has 0 fully saturated rings. The monoisotopic (exact) mass is 282 g/mol. The Morgan fingerprint density at radius 3 is 2.56 bits per heavy atom. The molecular formula is C12H11BrO3. The Hall–Kier alpha value is -1.29. The first-order valence-corrected chi connectivity index (χ1v) is 6.00. The van der Waals surface area contributed by atoms with Crippen LogP contribution in [0.1, 0.15) is 12.5 Å². The second-order valence-corrected chi connectivity index (χ2v) is 4.14. The Labute approximate surface area is 102 Å². The van der Waals surface area contributed by atoms with Crippen LogP contribution in [0.2, 0.25) is 0 Å². The topological polar surface area (TPSA) is 35.5 Å². The first-order chi connectivity index (χ1) is 7.64. The predicted octanol–water partition coefficient (Wildman–Crippen LogP) is 2.71. The van der Waals surface area contributed by atoms with E-state index in [1.54, 1.807) is 6.92 Å². The molecule has 1 unspecified atom stereocenters. The third-order valence-electron chi connectivity index (χ3n) is 2.33. The van der Waals surface area contributed by atoms with Crippen LogP contribution in [-0.4, -0.2) is 11.3 Å². The van der Waals surface area contributed by atoms with Crippen LogP contribution in [0.25, 0.3) is 0 Å². The molecule has 1 aromatic rings. The van der Waals surface area contributed by atoms with E-state index in [0.717, 1.165) is 5.56 Å². The predicted molar refractivity (Wildman–Crippen MR) is 62.8 cm³/mol. The second-order valence-electron chi connectivity index (χ2n) is 3.58. The maximum atomic E-state index is 11.4. The summed E-state index contributed by atoms with van der Waals surface area (Å²) in [4.78, 5) is 11.4. The van der Waals surface area contributed by atoms with E-state index in [4.69, 9.17) is 9.47 Å². The van der Waals surface area contributed by atoms with Gasteiger partial charge >= 0.3 is 5.97 Å². The maximum Gasteiger partial charge on any atom is 0.337 e. The molecule has 1 atom stereocenters. The summed E-state index contributed by atoms with van der Waals surface area (Å²) in [6.07, 6.45) is 1.35. The summed E-state index contributed by atoms with van der Waals surface area (Å²) in [5, 5.41) is 0.491. The summed E-state index contributed by atoms with van der Waals surface area (Å²) in [5.41, 5.74) is 0.815. The third-order valence-corrected chi connectivity index (χ3v) is 2.88. The molecule has 0 aliphatic carbocycles. The van der Waals surface area contributed by atoms with Gasteiger partial charge in [-0.15, -0.1) is 0 Å². The third kappa shape index (κ3) is 2.11. The molecule has 0 radical (unpaired) electrons. The van der Waals surface area contributed by atoms with Gasteiger partial charge in [0, 0.05) is 12.5 Å². The lowest BCUT2D eigenvalue weighted by atomic mass is 10.1. The Balaban J connectivity index is 2.34. The highest BCUT2D eigenvalue weighted by atomic mass is 79.9. The highest BCUT2D eigenvalue weighted by molar-refractivity contribution is 9.09. The molecule has 1 aromatic carbocycles. The van der Waals surface area contributed by atoms with Crippen LogP contribution in [-0.2, 0) is 20.1 Å². The van der Waals surface area contributed by atoms with E-state index in [-0.39, 0.29) is 5.97 Å². The molecule has 2 rings (SSSR count). The second kappa shape index (κ2) is 4.29. The molecule has 1 aliphatic heterocycles. The summed E-state index contributed by atoms with van der Waals surface area (Å²) >= 11 is 3.26. The maximum absolute atomic E-state index is 11.4. The number of allylic oxidation sites excluding steroid dienone is 1. The van der Waals surface area contributed by atoms with Gasteiger partial charge in [0.25, 0.3) is 5.79 Å². The summed E-state index contributed by atoms with van der Waals surface area (Å²) < 4.78 is 10.9. The molecule has 0 bridgehead atoms. The van der Waals surface area contributed by atoms with Gasteiger partial charge in [-0.1, -0.05) is 46.3 Å². The molecule has 0 saturated carbocycles. The zero-order chi connectivity index (χ0) is 11.6. The number of rotatable bonds is 2. The van der Waals surface area contributed by atoms with Gasteiger partial charge in [-0.3, -0.25) is 0 Å². The molecule has 0 saturated heterocycles. The fourth-order valence-corrected chi connectivity index (χ4v) is 1.85. The summed E-state index contributed by atoms with van der Waals surface area (Å²) in [6.45, 7) is 1.73. The SMILES string of the molecule is CC1(c2ccccc2)OC(=O)C=C(CBr)O1. The minimum Gasteiger partial charge on any atom is -0.452 e. The number of alkyl halides is 1. The van der Waals surface area contributed by atoms with Gasteiger partial charge in [-0.25, -0.2) is 4.79 Å². The van der Waals surface area contributed by atoms with Gasteiger partial charge in [0.15, 0.2) is 0 Å². The smallest absolute Gasteiger partial charge is 0.337 e. The number of carbonyl (C=O) groups is 1. The fraction of sp³-hybridized carbons (Fsp3) is 0.250. The van der Waals surface area contributed by atoms with Crippen molar-refractivity contribution in [3.63, 3.8) is 0 Å². The number of esters is 1. The molecule has 4 heteroatoms. The van der Waals surface area contributed by atoms with Crippen molar-refractivity contribution in [2.24, 2.45) is 0 Å². The van der Waals surface area contributed by atoms with E-state index >= 15 is 0 Å². The zero-order valence-electron chi connectivity index (χ0n) is 8.77. The van der Waals surface area contributed by atoms with E-state index in [2.05, 4.69) is 15.9 Å². The zero-order valence-corrected chi connectivity index (χ0v) is 10.4. The van der Waals surface area contributed by atoms with E-state index in [1.165, 1.54) is 6.08 Å². The number of hydrogen-bond acceptors (Lipinski definition) is 3. The van der Waals surface area contributed by atoms with Gasteiger partial charge in [0.2, 0.25) is 0 Å². The van der Waals surface area contributed by atoms with Crippen molar-refractivity contribution in [1.82, 2.24) is 0 Å². The van der Waals surface area contributed by atoms with Gasteiger partial charge in [-0.2, -0.15) is 0 Å². The summed E-state index contributed by atoms with van der Waals surface area (Å²) in [5.74, 6) is -0.842. The van der Waals surface area contributed by atoms with Crippen LogP contribution in [0.4, 0.5) is 0 Å². The molecule has 0 N–H and O–H groups in total. The Morgan fingerprint density at radius 1 is 1.25 bits per heavy atom. The number of benzene rings is 1. The molecule has 0 amide bonds. The normalized spacial score (nSPS) is 24.4. The van der Waals surface area contributed by atoms with Crippen molar-refractivity contribution in [3.05, 3.63) is 47.7 Å². The molecule has 0 spiro atoms. The lowest BCUT2D eigenvalue weighted by Crippen LogP contribution is -2.35. The van der Waals surface area contributed by atoms with Crippen molar-refractivity contribution in [1.29, 1.82) is 0 Å². The minimum atomic E-state index is -1.03. The standard InChI is InChI=1S/C12H11BrO3/c1-12(9-5-3-2-4-6-9)15-10(8-13)7-11(14)16-12/h2-7H,8H2,1H3. The van der Waals surface area contributed by atoms with Crippen LogP contribution in [0.15, 0.2) is 42.2 Å². The van der Waals surface area contributed by atoms with E-state index in [9.17, 15) is 4.79 Å². The minimum absolute atomic E-state index is 0.382. The molecular weight excluding hydrogens is 272 g/mol. The largest absolute Gasteiger partial charge is 0.452 e. The molecule has 84 valence electrons. The first-order valence-electron chi connectivity index (χ1n) is 4.88.